The SMILES string of the molecule is COc1nc(OCC2CC2(F)F)c(F)cc1CNC(=O)[C@@H]1CCCN1C.Cl. The van der Waals surface area contributed by atoms with Crippen molar-refractivity contribution in [2.45, 2.75) is 37.8 Å². The molecule has 1 aromatic rings. The Morgan fingerprint density at radius 2 is 2.15 bits per heavy atom. The van der Waals surface area contributed by atoms with Gasteiger partial charge in [-0.2, -0.15) is 4.98 Å². The lowest BCUT2D eigenvalue weighted by molar-refractivity contribution is -0.125. The highest BCUT2D eigenvalue weighted by molar-refractivity contribution is 5.85. The molecule has 1 amide bonds. The van der Waals surface area contributed by atoms with Gasteiger partial charge in [0, 0.05) is 18.5 Å². The Hall–Kier alpha value is -1.74. The first-order valence-electron chi connectivity index (χ1n) is 8.54. The van der Waals surface area contributed by atoms with Gasteiger partial charge < -0.3 is 14.8 Å². The van der Waals surface area contributed by atoms with Gasteiger partial charge in [0.1, 0.15) is 0 Å². The van der Waals surface area contributed by atoms with Gasteiger partial charge in [0.05, 0.1) is 25.7 Å². The summed E-state index contributed by atoms with van der Waals surface area (Å²) in [6.07, 6.45) is 1.48. The monoisotopic (exact) mass is 409 g/mol. The summed E-state index contributed by atoms with van der Waals surface area (Å²) in [4.78, 5) is 18.1. The average molecular weight is 410 g/mol. The van der Waals surface area contributed by atoms with Crippen LogP contribution in [0.25, 0.3) is 0 Å². The first-order valence-corrected chi connectivity index (χ1v) is 8.54. The van der Waals surface area contributed by atoms with E-state index in [-0.39, 0.29) is 55.7 Å². The summed E-state index contributed by atoms with van der Waals surface area (Å²) in [5.41, 5.74) is 0.350. The van der Waals surface area contributed by atoms with Gasteiger partial charge in [-0.3, -0.25) is 9.69 Å². The standard InChI is InChI=1S/C17H22F3N3O3.ClH/c1-23-5-3-4-13(23)14(24)21-8-10-6-12(18)16(22-15(10)25-2)26-9-11-7-17(11,19)20;/h6,11,13H,3-5,7-9H2,1-2H3,(H,21,24);1H/t11?,13-;/m0./s1. The van der Waals surface area contributed by atoms with E-state index in [1.807, 2.05) is 11.9 Å². The molecule has 0 bridgehead atoms. The van der Waals surface area contributed by atoms with Crippen LogP contribution in [-0.2, 0) is 11.3 Å². The number of amides is 1. The second-order valence-electron chi connectivity index (χ2n) is 6.77. The fourth-order valence-electron chi connectivity index (χ4n) is 3.07. The van der Waals surface area contributed by atoms with E-state index in [0.717, 1.165) is 25.5 Å². The number of hydrogen-bond acceptors (Lipinski definition) is 5. The van der Waals surface area contributed by atoms with Gasteiger partial charge in [0.2, 0.25) is 11.8 Å². The Bertz CT molecular complexity index is 693. The molecular formula is C17H23ClF3N3O3. The molecule has 0 aromatic carbocycles. The summed E-state index contributed by atoms with van der Waals surface area (Å²) >= 11 is 0. The number of rotatable bonds is 7. The number of ether oxygens (including phenoxy) is 2. The van der Waals surface area contributed by atoms with Crippen LogP contribution in [0.1, 0.15) is 24.8 Å². The van der Waals surface area contributed by atoms with Crippen molar-refractivity contribution >= 4 is 18.3 Å². The van der Waals surface area contributed by atoms with Gasteiger partial charge in [-0.1, -0.05) is 0 Å². The average Bonchev–Trinajstić information content (AvgIpc) is 2.99. The van der Waals surface area contributed by atoms with Crippen molar-refractivity contribution in [1.29, 1.82) is 0 Å². The molecule has 1 aromatic heterocycles. The molecule has 1 N–H and O–H groups in total. The summed E-state index contributed by atoms with van der Waals surface area (Å²) in [5.74, 6) is -4.85. The molecule has 0 radical (unpaired) electrons. The molecular weight excluding hydrogens is 387 g/mol. The first kappa shape index (κ1) is 21.6. The van der Waals surface area contributed by atoms with Gasteiger partial charge in [0.15, 0.2) is 5.82 Å². The van der Waals surface area contributed by atoms with Crippen LogP contribution < -0.4 is 14.8 Å². The Labute approximate surface area is 161 Å². The van der Waals surface area contributed by atoms with E-state index in [2.05, 4.69) is 10.3 Å². The quantitative estimate of drug-likeness (QED) is 0.749. The van der Waals surface area contributed by atoms with Crippen molar-refractivity contribution in [2.24, 2.45) is 5.92 Å². The number of methoxy groups -OCH3 is 1. The van der Waals surface area contributed by atoms with E-state index >= 15 is 0 Å². The van der Waals surface area contributed by atoms with Crippen LogP contribution in [0, 0.1) is 11.7 Å². The van der Waals surface area contributed by atoms with Crippen LogP contribution in [-0.4, -0.2) is 55.1 Å². The second kappa shape index (κ2) is 8.52. The fraction of sp³-hybridized carbons (Fsp3) is 0.647. The van der Waals surface area contributed by atoms with Crippen molar-refractivity contribution in [3.8, 4) is 11.8 Å². The molecule has 1 saturated carbocycles. The predicted octanol–water partition coefficient (Wildman–Crippen LogP) is 2.40. The minimum absolute atomic E-state index is 0. The zero-order valence-electron chi connectivity index (χ0n) is 15.1. The van der Waals surface area contributed by atoms with E-state index in [0.29, 0.717) is 5.56 Å². The lowest BCUT2D eigenvalue weighted by Gasteiger charge is -2.19. The molecule has 0 spiro atoms. The van der Waals surface area contributed by atoms with Crippen molar-refractivity contribution in [3.05, 3.63) is 17.4 Å². The van der Waals surface area contributed by atoms with Gasteiger partial charge in [0.25, 0.3) is 11.8 Å². The molecule has 1 aliphatic carbocycles. The predicted molar refractivity (Wildman–Crippen MR) is 94.0 cm³/mol. The summed E-state index contributed by atoms with van der Waals surface area (Å²) in [7, 11) is 3.24. The third-order valence-corrected chi connectivity index (χ3v) is 4.83. The Kier molecular flexibility index (Phi) is 6.80. The lowest BCUT2D eigenvalue weighted by Crippen LogP contribution is -2.41. The lowest BCUT2D eigenvalue weighted by atomic mass is 10.2. The van der Waals surface area contributed by atoms with Crippen molar-refractivity contribution in [2.75, 3.05) is 27.3 Å². The molecule has 10 heteroatoms. The highest BCUT2D eigenvalue weighted by Gasteiger charge is 2.57. The minimum Gasteiger partial charge on any atom is -0.481 e. The third-order valence-electron chi connectivity index (χ3n) is 4.83. The van der Waals surface area contributed by atoms with Crippen LogP contribution in [0.5, 0.6) is 11.8 Å². The molecule has 2 fully saturated rings. The van der Waals surface area contributed by atoms with E-state index in [1.54, 1.807) is 0 Å². The molecule has 2 aliphatic rings. The molecule has 1 unspecified atom stereocenters. The number of aromatic nitrogens is 1. The largest absolute Gasteiger partial charge is 0.481 e. The van der Waals surface area contributed by atoms with Crippen LogP contribution in [0.2, 0.25) is 0 Å². The number of nitrogens with zero attached hydrogens (tertiary/aromatic N) is 2. The number of nitrogens with one attached hydrogen (secondary N) is 1. The summed E-state index contributed by atoms with van der Waals surface area (Å²) in [5, 5.41) is 2.76. The number of carbonyl (C=O) groups is 1. The molecule has 1 aliphatic heterocycles. The summed E-state index contributed by atoms with van der Waals surface area (Å²) < 4.78 is 50.1. The molecule has 27 heavy (non-hydrogen) atoms. The number of likely N-dealkylation sites (tertiary alicyclic amines) is 1. The summed E-state index contributed by atoms with van der Waals surface area (Å²) in [6.45, 7) is 0.616. The number of halogens is 4. The fourth-order valence-corrected chi connectivity index (χ4v) is 3.07. The van der Waals surface area contributed by atoms with Crippen molar-refractivity contribution in [1.82, 2.24) is 15.2 Å². The molecule has 1 saturated heterocycles. The van der Waals surface area contributed by atoms with E-state index < -0.39 is 17.7 Å². The van der Waals surface area contributed by atoms with Crippen LogP contribution in [0.4, 0.5) is 13.2 Å². The van der Waals surface area contributed by atoms with Gasteiger partial charge >= 0.3 is 0 Å². The molecule has 2 heterocycles. The molecule has 152 valence electrons. The smallest absolute Gasteiger partial charge is 0.255 e. The van der Waals surface area contributed by atoms with Crippen LogP contribution in [0.15, 0.2) is 6.07 Å². The zero-order chi connectivity index (χ0) is 18.9. The number of hydrogen-bond donors (Lipinski definition) is 1. The topological polar surface area (TPSA) is 63.7 Å². The van der Waals surface area contributed by atoms with Gasteiger partial charge in [-0.15, -0.1) is 12.4 Å². The Morgan fingerprint density at radius 1 is 1.44 bits per heavy atom. The van der Waals surface area contributed by atoms with Crippen molar-refractivity contribution < 1.29 is 27.4 Å². The van der Waals surface area contributed by atoms with Crippen LogP contribution >= 0.6 is 12.4 Å². The minimum atomic E-state index is -2.74. The molecule has 6 nitrogen and oxygen atoms in total. The normalized spacial score (nSPS) is 23.4. The number of carbonyl (C=O) groups excluding carboxylic acids is 1. The Morgan fingerprint density at radius 3 is 2.70 bits per heavy atom. The Balaban J connectivity index is 0.00000261. The zero-order valence-corrected chi connectivity index (χ0v) is 16.0. The molecule has 2 atom stereocenters. The number of pyridine rings is 1. The van der Waals surface area contributed by atoms with E-state index in [1.165, 1.54) is 7.11 Å². The maximum Gasteiger partial charge on any atom is 0.255 e. The first-order chi connectivity index (χ1) is 12.3. The van der Waals surface area contributed by atoms with Crippen molar-refractivity contribution in [3.63, 3.8) is 0 Å². The summed E-state index contributed by atoms with van der Waals surface area (Å²) in [6, 6.07) is 0.951. The highest BCUT2D eigenvalue weighted by atomic mass is 35.5. The third kappa shape index (κ3) is 4.95. The van der Waals surface area contributed by atoms with E-state index in [9.17, 15) is 18.0 Å². The maximum atomic E-state index is 14.2. The number of alkyl halides is 2. The highest BCUT2D eigenvalue weighted by Crippen LogP contribution is 2.48. The van der Waals surface area contributed by atoms with Crippen LogP contribution in [0.3, 0.4) is 0 Å². The molecule has 3 rings (SSSR count). The van der Waals surface area contributed by atoms with Gasteiger partial charge in [-0.05, 0) is 32.5 Å². The maximum absolute atomic E-state index is 14.2. The number of likely N-dealkylation sites (N-methyl/N-ethyl adjacent to an activating group) is 1. The second-order valence-corrected chi connectivity index (χ2v) is 6.77. The van der Waals surface area contributed by atoms with E-state index in [4.69, 9.17) is 9.47 Å². The van der Waals surface area contributed by atoms with Gasteiger partial charge in [-0.25, -0.2) is 13.2 Å².